The van der Waals surface area contributed by atoms with Crippen molar-refractivity contribution in [3.63, 3.8) is 0 Å². The molecule has 0 saturated heterocycles. The fourth-order valence-electron chi connectivity index (χ4n) is 0.978. The first-order chi connectivity index (χ1) is 5.27. The van der Waals surface area contributed by atoms with Crippen molar-refractivity contribution in [1.29, 1.82) is 0 Å². The predicted octanol–water partition coefficient (Wildman–Crippen LogP) is 0.972. The molecule has 1 rings (SSSR count). The molecule has 0 radical (unpaired) electrons. The van der Waals surface area contributed by atoms with Crippen molar-refractivity contribution in [2.45, 2.75) is 12.5 Å². The minimum absolute atomic E-state index is 0.179. The average molecular weight is 154 g/mol. The van der Waals surface area contributed by atoms with Crippen LogP contribution in [-0.4, -0.2) is 24.6 Å². The molecule has 1 aliphatic rings. The van der Waals surface area contributed by atoms with E-state index < -0.39 is 0 Å². The van der Waals surface area contributed by atoms with Crippen molar-refractivity contribution >= 4 is 6.29 Å². The lowest BCUT2D eigenvalue weighted by molar-refractivity contribution is -0.105. The summed E-state index contributed by atoms with van der Waals surface area (Å²) < 4.78 is 4.92. The minimum atomic E-state index is -0.347. The lowest BCUT2D eigenvalue weighted by Crippen LogP contribution is -2.17. The maximum absolute atomic E-state index is 10.3. The van der Waals surface area contributed by atoms with Gasteiger partial charge in [-0.1, -0.05) is 6.08 Å². The Kier molecular flexibility index (Phi) is 2.44. The van der Waals surface area contributed by atoms with Gasteiger partial charge in [0.15, 0.2) is 0 Å². The van der Waals surface area contributed by atoms with Crippen LogP contribution in [0.2, 0.25) is 0 Å². The number of hydrogen-bond acceptors (Lipinski definition) is 3. The monoisotopic (exact) mass is 154 g/mol. The third-order valence-corrected chi connectivity index (χ3v) is 1.66. The Morgan fingerprint density at radius 3 is 3.00 bits per heavy atom. The minimum Gasteiger partial charge on any atom is -0.510 e. The molecule has 0 spiro atoms. The molecule has 0 aliphatic heterocycles. The van der Waals surface area contributed by atoms with Gasteiger partial charge in [-0.25, -0.2) is 0 Å². The topological polar surface area (TPSA) is 46.5 Å². The van der Waals surface area contributed by atoms with Crippen molar-refractivity contribution in [2.75, 3.05) is 7.11 Å². The van der Waals surface area contributed by atoms with Crippen LogP contribution < -0.4 is 0 Å². The molecule has 0 bridgehead atoms. The Morgan fingerprint density at radius 1 is 1.73 bits per heavy atom. The fraction of sp³-hybridized carbons (Fsp3) is 0.375. The van der Waals surface area contributed by atoms with Crippen molar-refractivity contribution in [3.05, 3.63) is 23.5 Å². The first-order valence-electron chi connectivity index (χ1n) is 3.35. The number of ether oxygens (including phenoxy) is 1. The fourth-order valence-corrected chi connectivity index (χ4v) is 0.978. The third-order valence-electron chi connectivity index (χ3n) is 1.66. The van der Waals surface area contributed by atoms with Gasteiger partial charge in [0, 0.05) is 13.5 Å². The van der Waals surface area contributed by atoms with E-state index in [2.05, 4.69) is 0 Å². The third kappa shape index (κ3) is 1.68. The van der Waals surface area contributed by atoms with Gasteiger partial charge in [0.05, 0.1) is 0 Å². The molecule has 3 heteroatoms. The van der Waals surface area contributed by atoms with Crippen molar-refractivity contribution in [1.82, 2.24) is 0 Å². The molecule has 0 amide bonds. The van der Waals surface area contributed by atoms with E-state index in [1.807, 2.05) is 0 Å². The average Bonchev–Trinajstić information content (AvgIpc) is 2.05. The van der Waals surface area contributed by atoms with Gasteiger partial charge in [0.1, 0.15) is 18.1 Å². The Bertz CT molecular complexity index is 215. The zero-order valence-electron chi connectivity index (χ0n) is 6.28. The van der Waals surface area contributed by atoms with Crippen LogP contribution >= 0.6 is 0 Å². The van der Waals surface area contributed by atoms with Crippen molar-refractivity contribution in [2.24, 2.45) is 0 Å². The Hall–Kier alpha value is -1.09. The van der Waals surface area contributed by atoms with Crippen LogP contribution in [0.25, 0.3) is 0 Å². The molecule has 3 nitrogen and oxygen atoms in total. The summed E-state index contributed by atoms with van der Waals surface area (Å²) in [6, 6.07) is 0. The first kappa shape index (κ1) is 8.01. The summed E-state index contributed by atoms with van der Waals surface area (Å²) in [6.45, 7) is 0. The molecule has 0 fully saturated rings. The molecule has 0 aromatic carbocycles. The lowest BCUT2D eigenvalue weighted by atomic mass is 10.0. The van der Waals surface area contributed by atoms with Gasteiger partial charge in [-0.2, -0.15) is 0 Å². The predicted molar refractivity (Wildman–Crippen MR) is 40.3 cm³/mol. The molecule has 60 valence electrons. The van der Waals surface area contributed by atoms with Gasteiger partial charge < -0.3 is 9.84 Å². The Labute approximate surface area is 65.0 Å². The SMILES string of the molecule is COC1CC(C=O)=CC=C1O. The second kappa shape index (κ2) is 3.34. The van der Waals surface area contributed by atoms with E-state index in [1.165, 1.54) is 13.2 Å². The van der Waals surface area contributed by atoms with E-state index in [-0.39, 0.29) is 11.9 Å². The van der Waals surface area contributed by atoms with Crippen LogP contribution in [-0.2, 0) is 9.53 Å². The normalized spacial score (nSPS) is 23.9. The summed E-state index contributed by atoms with van der Waals surface area (Å²) in [4.78, 5) is 10.3. The summed E-state index contributed by atoms with van der Waals surface area (Å²) in [7, 11) is 1.50. The number of rotatable bonds is 2. The van der Waals surface area contributed by atoms with Crippen LogP contribution in [0.4, 0.5) is 0 Å². The highest BCUT2D eigenvalue weighted by molar-refractivity contribution is 5.74. The summed E-state index contributed by atoms with van der Waals surface area (Å²) in [5.74, 6) is 0.179. The quantitative estimate of drug-likeness (QED) is 0.603. The standard InChI is InChI=1S/C8H10O3/c1-11-8-4-6(5-9)2-3-7(8)10/h2-3,5,8,10H,4H2,1H3. The summed E-state index contributed by atoms with van der Waals surface area (Å²) >= 11 is 0. The Balaban J connectivity index is 2.74. The molecule has 1 atom stereocenters. The van der Waals surface area contributed by atoms with E-state index in [9.17, 15) is 4.79 Å². The zero-order valence-corrected chi connectivity index (χ0v) is 6.28. The molecule has 0 saturated carbocycles. The molecule has 0 aromatic rings. The van der Waals surface area contributed by atoms with Gasteiger partial charge >= 0.3 is 0 Å². The second-order valence-electron chi connectivity index (χ2n) is 2.38. The van der Waals surface area contributed by atoms with Crippen molar-refractivity contribution < 1.29 is 14.6 Å². The van der Waals surface area contributed by atoms with E-state index in [0.717, 1.165) is 6.29 Å². The van der Waals surface area contributed by atoms with Crippen LogP contribution in [0.1, 0.15) is 6.42 Å². The summed E-state index contributed by atoms with van der Waals surface area (Å²) in [5, 5.41) is 9.16. The number of methoxy groups -OCH3 is 1. The zero-order chi connectivity index (χ0) is 8.27. The smallest absolute Gasteiger partial charge is 0.146 e. The second-order valence-corrected chi connectivity index (χ2v) is 2.38. The summed E-state index contributed by atoms with van der Waals surface area (Å²) in [6.07, 6.45) is 3.97. The lowest BCUT2D eigenvalue weighted by Gasteiger charge is -2.16. The number of carbonyl (C=O) groups is 1. The maximum Gasteiger partial charge on any atom is 0.146 e. The van der Waals surface area contributed by atoms with Gasteiger partial charge in [0.2, 0.25) is 0 Å². The van der Waals surface area contributed by atoms with Crippen molar-refractivity contribution in [3.8, 4) is 0 Å². The van der Waals surface area contributed by atoms with E-state index in [4.69, 9.17) is 9.84 Å². The molecule has 0 aromatic heterocycles. The molecular formula is C8H10O3. The highest BCUT2D eigenvalue weighted by Gasteiger charge is 2.17. The molecular weight excluding hydrogens is 144 g/mol. The van der Waals surface area contributed by atoms with Crippen LogP contribution in [0.15, 0.2) is 23.5 Å². The largest absolute Gasteiger partial charge is 0.510 e. The van der Waals surface area contributed by atoms with Gasteiger partial charge in [-0.15, -0.1) is 0 Å². The molecule has 1 unspecified atom stereocenters. The van der Waals surface area contributed by atoms with Gasteiger partial charge in [-0.05, 0) is 11.6 Å². The van der Waals surface area contributed by atoms with Crippen LogP contribution in [0.3, 0.4) is 0 Å². The van der Waals surface area contributed by atoms with E-state index in [0.29, 0.717) is 12.0 Å². The summed E-state index contributed by atoms with van der Waals surface area (Å²) in [5.41, 5.74) is 0.648. The number of aliphatic hydroxyl groups is 1. The number of aldehydes is 1. The van der Waals surface area contributed by atoms with E-state index in [1.54, 1.807) is 6.08 Å². The highest BCUT2D eigenvalue weighted by atomic mass is 16.5. The molecule has 0 heterocycles. The number of hydrogen-bond donors (Lipinski definition) is 1. The number of carbonyl (C=O) groups excluding carboxylic acids is 1. The highest BCUT2D eigenvalue weighted by Crippen LogP contribution is 2.17. The van der Waals surface area contributed by atoms with Crippen LogP contribution in [0, 0.1) is 0 Å². The molecule has 1 N–H and O–H groups in total. The van der Waals surface area contributed by atoms with Gasteiger partial charge in [0.25, 0.3) is 0 Å². The number of aliphatic hydroxyl groups excluding tert-OH is 1. The van der Waals surface area contributed by atoms with E-state index >= 15 is 0 Å². The Morgan fingerprint density at radius 2 is 2.45 bits per heavy atom. The molecule has 1 aliphatic carbocycles. The van der Waals surface area contributed by atoms with Crippen LogP contribution in [0.5, 0.6) is 0 Å². The molecule has 11 heavy (non-hydrogen) atoms. The first-order valence-corrected chi connectivity index (χ1v) is 3.35. The maximum atomic E-state index is 10.3. The van der Waals surface area contributed by atoms with Gasteiger partial charge in [-0.3, -0.25) is 4.79 Å². The number of allylic oxidation sites excluding steroid dienone is 2.